The van der Waals surface area contributed by atoms with Crippen molar-refractivity contribution in [2.45, 2.75) is 19.3 Å². The highest BCUT2D eigenvalue weighted by atomic mass is 16.5. The number of aromatic nitrogens is 3. The van der Waals surface area contributed by atoms with Crippen LogP contribution in [0.3, 0.4) is 0 Å². The van der Waals surface area contributed by atoms with Gasteiger partial charge in [0.25, 0.3) is 0 Å². The molecule has 8 heteroatoms. The Morgan fingerprint density at radius 3 is 2.88 bits per heavy atom. The number of para-hydroxylation sites is 1. The fraction of sp³-hybridized carbons (Fsp3) is 0.346. The molecule has 1 atom stereocenters. The van der Waals surface area contributed by atoms with Crippen LogP contribution in [0.25, 0.3) is 27.8 Å². The molecule has 2 saturated heterocycles. The molecule has 34 heavy (non-hydrogen) atoms. The second-order valence-corrected chi connectivity index (χ2v) is 9.66. The van der Waals surface area contributed by atoms with E-state index >= 15 is 0 Å². The van der Waals surface area contributed by atoms with Gasteiger partial charge in [0.15, 0.2) is 0 Å². The molecule has 1 N–H and O–H groups in total. The summed E-state index contributed by atoms with van der Waals surface area (Å²) in [5.74, 6) is 1.72. The van der Waals surface area contributed by atoms with Gasteiger partial charge in [0, 0.05) is 35.9 Å². The van der Waals surface area contributed by atoms with Crippen molar-refractivity contribution in [2.24, 2.45) is 5.41 Å². The molecular weight excluding hydrogens is 432 g/mol. The van der Waals surface area contributed by atoms with Gasteiger partial charge in [-0.2, -0.15) is 0 Å². The number of amides is 1. The summed E-state index contributed by atoms with van der Waals surface area (Å²) in [6, 6.07) is 16.1. The fourth-order valence-corrected chi connectivity index (χ4v) is 4.87. The van der Waals surface area contributed by atoms with E-state index < -0.39 is 6.09 Å². The number of likely N-dealkylation sites (tertiary alicyclic amines) is 1. The molecule has 2 aliphatic rings. The Bertz CT molecular complexity index is 1390. The van der Waals surface area contributed by atoms with Crippen molar-refractivity contribution >= 4 is 28.0 Å². The summed E-state index contributed by atoms with van der Waals surface area (Å²) in [4.78, 5) is 22.5. The third-order valence-corrected chi connectivity index (χ3v) is 6.89. The molecule has 2 aromatic heterocycles. The van der Waals surface area contributed by atoms with Crippen molar-refractivity contribution in [1.82, 2.24) is 19.4 Å². The average Bonchev–Trinajstić information content (AvgIpc) is 3.48. The van der Waals surface area contributed by atoms with Gasteiger partial charge in [0.1, 0.15) is 17.9 Å². The monoisotopic (exact) mass is 458 g/mol. The largest absolute Gasteiger partial charge is 0.493 e. The number of hydrogen-bond donors (Lipinski definition) is 1. The quantitative estimate of drug-likeness (QED) is 0.475. The Labute approximate surface area is 196 Å². The lowest BCUT2D eigenvalue weighted by Gasteiger charge is -2.37. The van der Waals surface area contributed by atoms with E-state index in [0.717, 1.165) is 58.7 Å². The van der Waals surface area contributed by atoms with Crippen molar-refractivity contribution < 1.29 is 19.4 Å². The average molecular weight is 459 g/mol. The van der Waals surface area contributed by atoms with Crippen molar-refractivity contribution in [3.05, 3.63) is 60.4 Å². The summed E-state index contributed by atoms with van der Waals surface area (Å²) >= 11 is 0. The van der Waals surface area contributed by atoms with Crippen LogP contribution < -0.4 is 4.74 Å². The van der Waals surface area contributed by atoms with Gasteiger partial charge in [-0.3, -0.25) is 4.57 Å². The summed E-state index contributed by atoms with van der Waals surface area (Å²) < 4.78 is 13.3. The number of carbonyl (C=O) groups is 1. The molecule has 0 aliphatic carbocycles. The van der Waals surface area contributed by atoms with Crippen LogP contribution in [-0.2, 0) is 4.74 Å². The van der Waals surface area contributed by atoms with E-state index in [-0.39, 0.29) is 11.3 Å². The van der Waals surface area contributed by atoms with Crippen LogP contribution in [0.4, 0.5) is 4.79 Å². The SMILES string of the molecule is CC1(COc2ccc3c(c2)ncn3-c2ccc3cccc(C4CCN(C(=O)O)C4)c3n2)COC1. The zero-order chi connectivity index (χ0) is 23.3. The topological polar surface area (TPSA) is 89.7 Å². The summed E-state index contributed by atoms with van der Waals surface area (Å²) in [7, 11) is 0. The minimum Gasteiger partial charge on any atom is -0.493 e. The molecule has 4 aromatic rings. The highest BCUT2D eigenvalue weighted by Crippen LogP contribution is 2.33. The minimum atomic E-state index is -0.861. The first kappa shape index (κ1) is 20.9. The molecule has 0 radical (unpaired) electrons. The van der Waals surface area contributed by atoms with Crippen molar-refractivity contribution in [3.8, 4) is 11.6 Å². The summed E-state index contributed by atoms with van der Waals surface area (Å²) in [6.07, 6.45) is 1.73. The van der Waals surface area contributed by atoms with E-state index in [4.69, 9.17) is 14.5 Å². The molecule has 4 heterocycles. The first-order chi connectivity index (χ1) is 16.5. The van der Waals surface area contributed by atoms with Crippen LogP contribution in [0.2, 0.25) is 0 Å². The maximum Gasteiger partial charge on any atom is 0.407 e. The van der Waals surface area contributed by atoms with E-state index in [0.29, 0.717) is 19.7 Å². The van der Waals surface area contributed by atoms with E-state index in [2.05, 4.69) is 24.0 Å². The molecule has 1 amide bonds. The number of imidazole rings is 1. The number of hydrogen-bond acceptors (Lipinski definition) is 5. The van der Waals surface area contributed by atoms with Gasteiger partial charge in [-0.25, -0.2) is 14.8 Å². The van der Waals surface area contributed by atoms with Crippen molar-refractivity contribution in [1.29, 1.82) is 0 Å². The maximum atomic E-state index is 11.4. The summed E-state index contributed by atoms with van der Waals surface area (Å²) in [5, 5.41) is 10.4. The second-order valence-electron chi connectivity index (χ2n) is 9.66. The highest BCUT2D eigenvalue weighted by molar-refractivity contribution is 5.84. The van der Waals surface area contributed by atoms with Gasteiger partial charge in [-0.1, -0.05) is 25.1 Å². The third kappa shape index (κ3) is 3.64. The number of ether oxygens (including phenoxy) is 2. The number of benzene rings is 2. The Morgan fingerprint density at radius 1 is 1.24 bits per heavy atom. The summed E-state index contributed by atoms with van der Waals surface area (Å²) in [6.45, 7) is 5.30. The first-order valence-electron chi connectivity index (χ1n) is 11.5. The van der Waals surface area contributed by atoms with Crippen molar-refractivity contribution in [2.75, 3.05) is 32.9 Å². The van der Waals surface area contributed by atoms with Gasteiger partial charge >= 0.3 is 6.09 Å². The zero-order valence-corrected chi connectivity index (χ0v) is 19.0. The minimum absolute atomic E-state index is 0.0852. The van der Waals surface area contributed by atoms with Crippen molar-refractivity contribution in [3.63, 3.8) is 0 Å². The van der Waals surface area contributed by atoms with Crippen LogP contribution in [0.1, 0.15) is 24.8 Å². The van der Waals surface area contributed by atoms with E-state index in [1.165, 1.54) is 4.90 Å². The van der Waals surface area contributed by atoms with Gasteiger partial charge in [-0.15, -0.1) is 0 Å². The zero-order valence-electron chi connectivity index (χ0n) is 19.0. The lowest BCUT2D eigenvalue weighted by Crippen LogP contribution is -2.44. The molecule has 6 rings (SSSR count). The molecule has 8 nitrogen and oxygen atoms in total. The molecule has 2 aromatic carbocycles. The van der Waals surface area contributed by atoms with Crippen LogP contribution >= 0.6 is 0 Å². The van der Waals surface area contributed by atoms with Gasteiger partial charge in [0.2, 0.25) is 0 Å². The van der Waals surface area contributed by atoms with Crippen LogP contribution in [0.5, 0.6) is 5.75 Å². The maximum absolute atomic E-state index is 11.4. The Hall–Kier alpha value is -3.65. The molecule has 0 bridgehead atoms. The predicted octanol–water partition coefficient (Wildman–Crippen LogP) is 4.46. The Kier molecular flexibility index (Phi) is 4.91. The van der Waals surface area contributed by atoms with E-state index in [9.17, 15) is 9.90 Å². The normalized spacial score (nSPS) is 19.4. The lowest BCUT2D eigenvalue weighted by molar-refractivity contribution is -0.120. The number of fused-ring (bicyclic) bond motifs is 2. The molecule has 2 aliphatic heterocycles. The molecule has 0 saturated carbocycles. The second kappa shape index (κ2) is 7.99. The van der Waals surface area contributed by atoms with E-state index in [1.54, 1.807) is 6.33 Å². The smallest absolute Gasteiger partial charge is 0.407 e. The molecule has 2 fully saturated rings. The van der Waals surface area contributed by atoms with Crippen LogP contribution in [0, 0.1) is 5.41 Å². The highest BCUT2D eigenvalue weighted by Gasteiger charge is 2.34. The Balaban J connectivity index is 1.31. The molecule has 0 spiro atoms. The fourth-order valence-electron chi connectivity index (χ4n) is 4.87. The third-order valence-electron chi connectivity index (χ3n) is 6.89. The summed E-state index contributed by atoms with van der Waals surface area (Å²) in [5.41, 5.74) is 3.89. The Morgan fingerprint density at radius 2 is 2.12 bits per heavy atom. The van der Waals surface area contributed by atoms with Crippen LogP contribution in [-0.4, -0.2) is 63.5 Å². The lowest BCUT2D eigenvalue weighted by atomic mass is 9.90. The molecule has 1 unspecified atom stereocenters. The standard InChI is InChI=1S/C26H26N4O4/c1-26(13-33-14-26)15-34-19-6-7-22-21(11-19)27-16-30(22)23-8-5-17-3-2-4-20(24(17)28-23)18-9-10-29(12-18)25(31)32/h2-8,11,16,18H,9-10,12-15H2,1H3,(H,31,32). The molecule has 174 valence electrons. The van der Waals surface area contributed by atoms with Gasteiger partial charge in [0.05, 0.1) is 36.4 Å². The van der Waals surface area contributed by atoms with Gasteiger partial charge < -0.3 is 19.5 Å². The predicted molar refractivity (Wildman–Crippen MR) is 128 cm³/mol. The molecular formula is C26H26N4O4. The van der Waals surface area contributed by atoms with E-state index in [1.807, 2.05) is 41.0 Å². The number of rotatable bonds is 5. The number of carboxylic acid groups (broad SMARTS) is 1. The first-order valence-corrected chi connectivity index (χ1v) is 11.5. The number of pyridine rings is 1. The number of nitrogens with zero attached hydrogens (tertiary/aromatic N) is 4. The van der Waals surface area contributed by atoms with Crippen LogP contribution in [0.15, 0.2) is 54.9 Å². The van der Waals surface area contributed by atoms with Gasteiger partial charge in [-0.05, 0) is 36.2 Å².